The van der Waals surface area contributed by atoms with Crippen molar-refractivity contribution in [3.05, 3.63) is 46.2 Å². The number of nitrogens with one attached hydrogen (secondary N) is 1. The molecule has 21 heavy (non-hydrogen) atoms. The van der Waals surface area contributed by atoms with Crippen LogP contribution in [0.5, 0.6) is 5.75 Å². The number of methoxy groups -OCH3 is 1. The van der Waals surface area contributed by atoms with Gasteiger partial charge in [-0.15, -0.1) is 0 Å². The molecule has 0 spiro atoms. The normalized spacial score (nSPS) is 12.7. The van der Waals surface area contributed by atoms with Crippen LogP contribution in [0.25, 0.3) is 0 Å². The van der Waals surface area contributed by atoms with Crippen molar-refractivity contribution in [3.8, 4) is 5.75 Å². The summed E-state index contributed by atoms with van der Waals surface area (Å²) < 4.78 is 8.61. The molecule has 0 fully saturated rings. The van der Waals surface area contributed by atoms with E-state index in [0.29, 0.717) is 6.04 Å². The lowest BCUT2D eigenvalue weighted by atomic mass is 10.0. The van der Waals surface area contributed by atoms with Gasteiger partial charge in [0, 0.05) is 10.5 Å². The molecule has 0 saturated heterocycles. The maximum atomic E-state index is 5.48. The molecular weight excluding hydrogens is 330 g/mol. The summed E-state index contributed by atoms with van der Waals surface area (Å²) >= 11 is 3.47. The van der Waals surface area contributed by atoms with Gasteiger partial charge in [-0.3, -0.25) is 4.68 Å². The van der Waals surface area contributed by atoms with Crippen molar-refractivity contribution in [3.63, 3.8) is 0 Å². The minimum absolute atomic E-state index is 0.158. The van der Waals surface area contributed by atoms with Crippen LogP contribution >= 0.6 is 15.9 Å². The molecule has 1 aromatic carbocycles. The lowest BCUT2D eigenvalue weighted by Gasteiger charge is -2.21. The molecule has 1 aromatic heterocycles. The number of aromatic nitrogens is 2. The van der Waals surface area contributed by atoms with Crippen molar-refractivity contribution in [1.29, 1.82) is 0 Å². The average Bonchev–Trinajstić information content (AvgIpc) is 2.90. The fraction of sp³-hybridized carbons (Fsp3) is 0.438. The van der Waals surface area contributed by atoms with E-state index in [1.807, 2.05) is 11.7 Å². The van der Waals surface area contributed by atoms with Crippen LogP contribution in [0, 0.1) is 0 Å². The zero-order valence-electron chi connectivity index (χ0n) is 12.9. The second-order valence-corrected chi connectivity index (χ2v) is 6.22. The molecule has 0 saturated carbocycles. The molecule has 1 unspecified atom stereocenters. The maximum absolute atomic E-state index is 5.48. The van der Waals surface area contributed by atoms with E-state index in [0.717, 1.165) is 22.3 Å². The molecule has 0 aliphatic carbocycles. The molecule has 0 bridgehead atoms. The minimum Gasteiger partial charge on any atom is -0.493 e. The Morgan fingerprint density at radius 3 is 2.48 bits per heavy atom. The number of rotatable bonds is 6. The first-order valence-electron chi connectivity index (χ1n) is 7.10. The molecule has 1 N–H and O–H groups in total. The van der Waals surface area contributed by atoms with Gasteiger partial charge in [-0.1, -0.05) is 28.1 Å². The predicted octanol–water partition coefficient (Wildman–Crippen LogP) is 3.74. The molecule has 0 aliphatic rings. The van der Waals surface area contributed by atoms with E-state index in [2.05, 4.69) is 64.5 Å². The van der Waals surface area contributed by atoms with Crippen molar-refractivity contribution in [2.24, 2.45) is 0 Å². The minimum atomic E-state index is 0.158. The molecule has 1 atom stereocenters. The largest absolute Gasteiger partial charge is 0.493 e. The van der Waals surface area contributed by atoms with E-state index in [4.69, 9.17) is 4.74 Å². The second-order valence-electron chi connectivity index (χ2n) is 5.31. The zero-order chi connectivity index (χ0) is 15.4. The molecule has 1 heterocycles. The van der Waals surface area contributed by atoms with Gasteiger partial charge in [0.25, 0.3) is 0 Å². The first kappa shape index (κ1) is 16.0. The summed E-state index contributed by atoms with van der Waals surface area (Å²) in [5, 5.41) is 7.84. The number of likely N-dealkylation sites (N-methyl/N-ethyl adjacent to an activating group) is 1. The number of nitrogens with zero attached hydrogens (tertiary/aromatic N) is 2. The second kappa shape index (κ2) is 7.09. The van der Waals surface area contributed by atoms with Crippen molar-refractivity contribution in [1.82, 2.24) is 15.1 Å². The molecule has 0 radical (unpaired) electrons. The van der Waals surface area contributed by atoms with Crippen molar-refractivity contribution in [2.75, 3.05) is 14.2 Å². The summed E-state index contributed by atoms with van der Waals surface area (Å²) in [4.78, 5) is 0. The highest BCUT2D eigenvalue weighted by Crippen LogP contribution is 2.29. The van der Waals surface area contributed by atoms with Crippen LogP contribution < -0.4 is 10.1 Å². The Balaban J connectivity index is 2.32. The topological polar surface area (TPSA) is 39.1 Å². The Kier molecular flexibility index (Phi) is 5.42. The van der Waals surface area contributed by atoms with Gasteiger partial charge in [0.1, 0.15) is 0 Å². The summed E-state index contributed by atoms with van der Waals surface area (Å²) in [7, 11) is 3.66. The first-order valence-corrected chi connectivity index (χ1v) is 7.89. The van der Waals surface area contributed by atoms with E-state index in [1.165, 1.54) is 5.56 Å². The smallest absolute Gasteiger partial charge is 0.161 e. The SMILES string of the molecule is CNC(Cc1ccc(Br)cc1)c1c(OC)cnn1C(C)C. The van der Waals surface area contributed by atoms with Crippen LogP contribution in [0.2, 0.25) is 0 Å². The summed E-state index contributed by atoms with van der Waals surface area (Å²) in [6.45, 7) is 4.25. The summed E-state index contributed by atoms with van der Waals surface area (Å²) in [5.74, 6) is 0.833. The van der Waals surface area contributed by atoms with E-state index in [9.17, 15) is 0 Å². The van der Waals surface area contributed by atoms with Gasteiger partial charge >= 0.3 is 0 Å². The fourth-order valence-corrected chi connectivity index (χ4v) is 2.71. The first-order chi connectivity index (χ1) is 10.1. The fourth-order valence-electron chi connectivity index (χ4n) is 2.45. The number of hydrogen-bond donors (Lipinski definition) is 1. The van der Waals surface area contributed by atoms with Crippen LogP contribution in [-0.4, -0.2) is 23.9 Å². The van der Waals surface area contributed by atoms with Gasteiger partial charge in [0.05, 0.1) is 25.0 Å². The highest BCUT2D eigenvalue weighted by atomic mass is 79.9. The van der Waals surface area contributed by atoms with Crippen LogP contribution in [0.15, 0.2) is 34.9 Å². The molecular formula is C16H22BrN3O. The number of benzene rings is 1. The standard InChI is InChI=1S/C16H22BrN3O/c1-11(2)20-16(15(21-4)10-19-20)14(18-3)9-12-5-7-13(17)8-6-12/h5-8,10-11,14,18H,9H2,1-4H3. The Labute approximate surface area is 134 Å². The molecule has 0 amide bonds. The van der Waals surface area contributed by atoms with E-state index >= 15 is 0 Å². The number of halogens is 1. The van der Waals surface area contributed by atoms with Gasteiger partial charge in [0.2, 0.25) is 0 Å². The third-order valence-electron chi connectivity index (χ3n) is 3.54. The molecule has 114 valence electrons. The lowest BCUT2D eigenvalue weighted by molar-refractivity contribution is 0.388. The van der Waals surface area contributed by atoms with Gasteiger partial charge in [-0.25, -0.2) is 0 Å². The third kappa shape index (κ3) is 3.66. The van der Waals surface area contributed by atoms with Gasteiger partial charge in [0.15, 0.2) is 5.75 Å². The number of ether oxygens (including phenoxy) is 1. The van der Waals surface area contributed by atoms with Gasteiger partial charge in [-0.2, -0.15) is 5.10 Å². The van der Waals surface area contributed by atoms with E-state index in [-0.39, 0.29) is 6.04 Å². The Morgan fingerprint density at radius 2 is 1.95 bits per heavy atom. The molecule has 5 heteroatoms. The van der Waals surface area contributed by atoms with E-state index < -0.39 is 0 Å². The van der Waals surface area contributed by atoms with Crippen molar-refractivity contribution >= 4 is 15.9 Å². The average molecular weight is 352 g/mol. The molecule has 0 aliphatic heterocycles. The zero-order valence-corrected chi connectivity index (χ0v) is 14.5. The maximum Gasteiger partial charge on any atom is 0.161 e. The Hall–Kier alpha value is -1.33. The highest BCUT2D eigenvalue weighted by molar-refractivity contribution is 9.10. The molecule has 2 aromatic rings. The highest BCUT2D eigenvalue weighted by Gasteiger charge is 2.22. The summed E-state index contributed by atoms with van der Waals surface area (Å²) in [5.41, 5.74) is 2.37. The van der Waals surface area contributed by atoms with Gasteiger partial charge < -0.3 is 10.1 Å². The quantitative estimate of drug-likeness (QED) is 0.861. The monoisotopic (exact) mass is 351 g/mol. The van der Waals surface area contributed by atoms with E-state index in [1.54, 1.807) is 13.3 Å². The van der Waals surface area contributed by atoms with Crippen molar-refractivity contribution < 1.29 is 4.74 Å². The summed E-state index contributed by atoms with van der Waals surface area (Å²) in [6, 6.07) is 8.86. The Bertz CT molecular complexity index is 578. The van der Waals surface area contributed by atoms with Crippen LogP contribution in [-0.2, 0) is 6.42 Å². The Morgan fingerprint density at radius 1 is 1.29 bits per heavy atom. The summed E-state index contributed by atoms with van der Waals surface area (Å²) in [6.07, 6.45) is 2.68. The molecule has 2 rings (SSSR count). The van der Waals surface area contributed by atoms with Gasteiger partial charge in [-0.05, 0) is 45.0 Å². The third-order valence-corrected chi connectivity index (χ3v) is 4.07. The van der Waals surface area contributed by atoms with Crippen LogP contribution in [0.3, 0.4) is 0 Å². The predicted molar refractivity (Wildman–Crippen MR) is 88.8 cm³/mol. The molecule has 4 nitrogen and oxygen atoms in total. The van der Waals surface area contributed by atoms with Crippen molar-refractivity contribution in [2.45, 2.75) is 32.4 Å². The lowest BCUT2D eigenvalue weighted by Crippen LogP contribution is -2.24. The van der Waals surface area contributed by atoms with Crippen LogP contribution in [0.1, 0.15) is 37.2 Å². The number of hydrogen-bond acceptors (Lipinski definition) is 3. The van der Waals surface area contributed by atoms with Crippen LogP contribution in [0.4, 0.5) is 0 Å².